The van der Waals surface area contributed by atoms with Crippen molar-refractivity contribution in [2.24, 2.45) is 0 Å². The van der Waals surface area contributed by atoms with E-state index >= 15 is 0 Å². The van der Waals surface area contributed by atoms with Gasteiger partial charge in [0.15, 0.2) is 0 Å². The zero-order chi connectivity index (χ0) is 35.7. The first-order valence-electron chi connectivity index (χ1n) is 21.1. The van der Waals surface area contributed by atoms with Gasteiger partial charge in [0.2, 0.25) is 0 Å². The summed E-state index contributed by atoms with van der Waals surface area (Å²) in [7, 11) is 0. The molecule has 2 aliphatic heterocycles. The number of fused-ring (bicyclic) bond motifs is 4. The van der Waals surface area contributed by atoms with E-state index in [1.54, 1.807) is 0 Å². The molecule has 0 aromatic heterocycles. The van der Waals surface area contributed by atoms with E-state index in [0.717, 1.165) is 51.4 Å². The standard InChI is InChI=1S/2C20H36O6.6Mo.2H3N.19O/c2*1-2-6-18-17(5-1)23-13-9-21-11-15-25-19-7-3-4-8-20(19)26-16-12-22-10-14-24-18;;;;;;;;;;;;;;;;;;;;;;;;;;;/h2*17-20H,1-16H2;;;;;;;2*1H3;;;;;;;;;;;;;;;;;;;/q;;;;;;;;;;19*-2/p+2/t2*17-,18+,19+,20-;;;;;;;;;;;;;;;;;;;;;;;;;;;. The quantitative estimate of drug-likeness (QED) is 0.326. The van der Waals surface area contributed by atoms with E-state index in [-0.39, 0.29) is 292 Å². The van der Waals surface area contributed by atoms with Gasteiger partial charge >= 0.3 is 0 Å². The summed E-state index contributed by atoms with van der Waals surface area (Å²) in [5.41, 5.74) is 0. The van der Waals surface area contributed by atoms with Crippen molar-refractivity contribution < 1.29 is 287 Å². The Balaban J connectivity index is -0.0000000282. The third kappa shape index (κ3) is 66.6. The zero-order valence-corrected chi connectivity index (χ0v) is 56.4. The Bertz CT molecular complexity index is 742. The van der Waals surface area contributed by atoms with Gasteiger partial charge < -0.3 is 173 Å². The first kappa shape index (κ1) is 154. The van der Waals surface area contributed by atoms with Gasteiger partial charge in [0.05, 0.1) is 155 Å². The molecule has 4 aliphatic carbocycles. The van der Waals surface area contributed by atoms with Crippen molar-refractivity contribution in [2.75, 3.05) is 106 Å². The van der Waals surface area contributed by atoms with Crippen LogP contribution in [0.1, 0.15) is 103 Å². The Kier molecular flexibility index (Phi) is 201. The van der Waals surface area contributed by atoms with Crippen molar-refractivity contribution in [3.63, 3.8) is 0 Å². The fourth-order valence-corrected chi connectivity index (χ4v) is 8.25. The van der Waals surface area contributed by atoms with E-state index in [1.807, 2.05) is 0 Å². The van der Waals surface area contributed by atoms with Crippen LogP contribution in [0.4, 0.5) is 0 Å². The van der Waals surface area contributed by atoms with Gasteiger partial charge in [-0.3, -0.25) is 0 Å². The molecule has 39 heteroatoms. The Hall–Kier alpha value is 2.81. The average molecular weight is 1660 g/mol. The molecule has 6 rings (SSSR count). The molecule has 2 saturated heterocycles. The Morgan fingerprint density at radius 2 is 0.241 bits per heavy atom. The average Bonchev–Trinajstić information content (AvgIpc) is 3.18. The molecule has 0 aromatic rings. The molecular formula is C40H80Mo6N2O31-36. The summed E-state index contributed by atoms with van der Waals surface area (Å²) in [6.45, 7) is 9.86. The van der Waals surface area contributed by atoms with Crippen LogP contribution in [-0.2, 0) is 287 Å². The predicted octanol–water partition coefficient (Wildman–Crippen LogP) is 3.92. The van der Waals surface area contributed by atoms with Gasteiger partial charge in [0.25, 0.3) is 0 Å². The molecule has 0 unspecified atom stereocenters. The smallest absolute Gasteiger partial charge is 0.0837 e. The molecule has 0 spiro atoms. The molecule has 8 atom stereocenters. The van der Waals surface area contributed by atoms with Crippen LogP contribution in [0.3, 0.4) is 0 Å². The van der Waals surface area contributed by atoms with Crippen LogP contribution in [0.2, 0.25) is 0 Å². The minimum Gasteiger partial charge on any atom is -2.00 e. The summed E-state index contributed by atoms with van der Waals surface area (Å²) in [5.74, 6) is 0. The van der Waals surface area contributed by atoms with Crippen molar-refractivity contribution in [1.29, 1.82) is 0 Å². The monoisotopic (exact) mass is 1670 g/mol. The first-order chi connectivity index (χ1) is 25.9. The molecule has 0 aromatic carbocycles. The van der Waals surface area contributed by atoms with Gasteiger partial charge in [-0.15, -0.1) is 0 Å². The Morgan fingerprint density at radius 1 is 0.152 bits per heavy atom. The molecule has 33 nitrogen and oxygen atoms in total. The summed E-state index contributed by atoms with van der Waals surface area (Å²) < 4.78 is 71.0. The Morgan fingerprint density at radius 3 is 0.329 bits per heavy atom. The molecule has 6 fully saturated rings. The maximum Gasteiger partial charge on any atom is 0.0837 e. The summed E-state index contributed by atoms with van der Waals surface area (Å²) in [6, 6.07) is 0. The van der Waals surface area contributed by atoms with Crippen LogP contribution < -0.4 is 12.3 Å². The van der Waals surface area contributed by atoms with Crippen LogP contribution in [-0.4, -0.2) is 155 Å². The van der Waals surface area contributed by atoms with E-state index in [4.69, 9.17) is 56.8 Å². The molecule has 0 radical (unpaired) electrons. The van der Waals surface area contributed by atoms with E-state index in [0.29, 0.717) is 106 Å². The van der Waals surface area contributed by atoms with Crippen LogP contribution in [0, 0.1) is 0 Å². The molecule has 0 bridgehead atoms. The minimum atomic E-state index is 0. The largest absolute Gasteiger partial charge is 2.00 e. The second-order valence-corrected chi connectivity index (χ2v) is 14.9. The molecular weight excluding hydrogens is 1580 g/mol. The van der Waals surface area contributed by atoms with E-state index in [9.17, 15) is 0 Å². The predicted molar refractivity (Wildman–Crippen MR) is 220 cm³/mol. The van der Waals surface area contributed by atoms with Gasteiger partial charge in [-0.25, -0.2) is 0 Å². The third-order valence-electron chi connectivity index (χ3n) is 11.0. The van der Waals surface area contributed by atoms with E-state index in [2.05, 4.69) is 0 Å². The van der Waals surface area contributed by atoms with Gasteiger partial charge in [-0.2, -0.15) is 0 Å². The summed E-state index contributed by atoms with van der Waals surface area (Å²) in [6.07, 6.45) is 19.9. The van der Waals surface area contributed by atoms with Crippen LogP contribution in [0.15, 0.2) is 0 Å². The number of ether oxygens (including phenoxy) is 12. The van der Waals surface area contributed by atoms with Crippen molar-refractivity contribution in [3.05, 3.63) is 0 Å². The molecule has 79 heavy (non-hydrogen) atoms. The fraction of sp³-hybridized carbons (Fsp3) is 1.00. The van der Waals surface area contributed by atoms with Crippen LogP contribution in [0.5, 0.6) is 0 Å². The third-order valence-corrected chi connectivity index (χ3v) is 11.0. The molecule has 2 heterocycles. The molecule has 4 saturated carbocycles. The molecule has 8 N–H and O–H groups in total. The second kappa shape index (κ2) is 103. The number of rotatable bonds is 0. The van der Waals surface area contributed by atoms with Crippen molar-refractivity contribution >= 4 is 0 Å². The maximum atomic E-state index is 6.03. The van der Waals surface area contributed by atoms with Gasteiger partial charge in [0, 0.05) is 126 Å². The van der Waals surface area contributed by atoms with E-state index < -0.39 is 0 Å². The second-order valence-electron chi connectivity index (χ2n) is 14.9. The number of hydrogen-bond acceptors (Lipinski definition) is 12. The minimum absolute atomic E-state index is 0. The Labute approximate surface area is 552 Å². The van der Waals surface area contributed by atoms with Crippen molar-refractivity contribution in [1.82, 2.24) is 12.3 Å². The number of quaternary nitrogens is 2. The van der Waals surface area contributed by atoms with Crippen LogP contribution >= 0.6 is 0 Å². The number of hydrogen-bond donors (Lipinski definition) is 2. The van der Waals surface area contributed by atoms with Gasteiger partial charge in [-0.1, -0.05) is 51.4 Å². The maximum absolute atomic E-state index is 6.03. The summed E-state index contributed by atoms with van der Waals surface area (Å²) in [5, 5.41) is 0. The summed E-state index contributed by atoms with van der Waals surface area (Å²) >= 11 is 0. The van der Waals surface area contributed by atoms with Crippen LogP contribution in [0.25, 0.3) is 0 Å². The van der Waals surface area contributed by atoms with Crippen molar-refractivity contribution in [3.8, 4) is 0 Å². The SMILES string of the molecule is C1CC[C@H]2OCCOCCO[C@H]3CCCC[C@H]3OCCOCCO[C@H]2C1.C1CC[C@H]2OCCOCCO[C@H]3CCCC[C@H]3OCCOCCO[C@H]2C1.[Mo].[Mo].[Mo].[Mo].[Mo].[Mo].[NH4+].[NH4+].[O-2].[O-2].[O-2].[O-2].[O-2].[O-2].[O-2].[O-2].[O-2].[O-2].[O-2].[O-2].[O-2].[O-2].[O-2].[O-2].[O-2].[O-2].[O-2]. The van der Waals surface area contributed by atoms with Crippen molar-refractivity contribution in [2.45, 2.75) is 152 Å². The summed E-state index contributed by atoms with van der Waals surface area (Å²) in [4.78, 5) is 0. The van der Waals surface area contributed by atoms with Gasteiger partial charge in [0.1, 0.15) is 0 Å². The fourth-order valence-electron chi connectivity index (χ4n) is 8.25. The first-order valence-corrected chi connectivity index (χ1v) is 21.1. The zero-order valence-electron chi connectivity index (χ0n) is 44.4. The molecule has 508 valence electrons. The molecule has 6 aliphatic rings. The molecule has 0 amide bonds. The van der Waals surface area contributed by atoms with E-state index in [1.165, 1.54) is 51.4 Å². The normalized spacial score (nSPS) is 24.3. The van der Waals surface area contributed by atoms with Gasteiger partial charge in [-0.05, 0) is 51.4 Å². The topological polar surface area (TPSA) is 725 Å².